The van der Waals surface area contributed by atoms with Crippen LogP contribution in [-0.2, 0) is 16.1 Å². The summed E-state index contributed by atoms with van der Waals surface area (Å²) in [5.74, 6) is -0.502. The monoisotopic (exact) mass is 534 g/mol. The van der Waals surface area contributed by atoms with Crippen molar-refractivity contribution in [3.05, 3.63) is 104 Å². The Morgan fingerprint density at radius 1 is 0.967 bits per heavy atom. The molecule has 1 N–H and O–H groups in total. The fraction of sp³-hybridized carbons (Fsp3) is 0.125. The zero-order chi connectivity index (χ0) is 21.3. The number of para-hydroxylation sites is 1. The van der Waals surface area contributed by atoms with E-state index >= 15 is 0 Å². The van der Waals surface area contributed by atoms with Crippen molar-refractivity contribution in [3.8, 4) is 5.75 Å². The van der Waals surface area contributed by atoms with Crippen LogP contribution in [0.2, 0.25) is 5.02 Å². The van der Waals surface area contributed by atoms with Gasteiger partial charge in [-0.3, -0.25) is 0 Å². The third-order valence-corrected chi connectivity index (χ3v) is 5.27. The molecule has 0 aliphatic heterocycles. The number of aliphatic carboxylic acids is 1. The zero-order valence-corrected chi connectivity index (χ0v) is 19.0. The highest BCUT2D eigenvalue weighted by Gasteiger charge is 2.07. The molecular formula is C24H20ClIO4. The van der Waals surface area contributed by atoms with Crippen LogP contribution in [0.4, 0.5) is 0 Å². The first-order chi connectivity index (χ1) is 14.5. The third-order valence-electron chi connectivity index (χ3n) is 4.30. The molecule has 0 saturated heterocycles. The van der Waals surface area contributed by atoms with E-state index in [4.69, 9.17) is 26.2 Å². The second-order valence-electron chi connectivity index (χ2n) is 6.44. The molecular weight excluding hydrogens is 515 g/mol. The van der Waals surface area contributed by atoms with Crippen molar-refractivity contribution in [1.82, 2.24) is 0 Å². The minimum atomic E-state index is -1.02. The first-order valence-electron chi connectivity index (χ1n) is 9.25. The molecule has 0 heterocycles. The number of benzene rings is 3. The SMILES string of the molecule is O=C(O)COc1ccccc1COCC=C(c1ccc(Cl)cc1)c1ccc(I)cc1. The number of halogens is 2. The molecule has 3 rings (SSSR count). The zero-order valence-electron chi connectivity index (χ0n) is 16.1. The Morgan fingerprint density at radius 3 is 2.27 bits per heavy atom. The highest BCUT2D eigenvalue weighted by molar-refractivity contribution is 14.1. The molecule has 0 bridgehead atoms. The molecule has 0 fully saturated rings. The molecule has 0 aliphatic carbocycles. The van der Waals surface area contributed by atoms with Crippen LogP contribution in [0.3, 0.4) is 0 Å². The van der Waals surface area contributed by atoms with Crippen molar-refractivity contribution in [2.24, 2.45) is 0 Å². The van der Waals surface area contributed by atoms with Crippen LogP contribution in [0.25, 0.3) is 5.57 Å². The Bertz CT molecular complexity index is 967. The summed E-state index contributed by atoms with van der Waals surface area (Å²) in [6.07, 6.45) is 2.03. The minimum Gasteiger partial charge on any atom is -0.482 e. The summed E-state index contributed by atoms with van der Waals surface area (Å²) in [6.45, 7) is 0.314. The lowest BCUT2D eigenvalue weighted by Gasteiger charge is -2.12. The molecule has 154 valence electrons. The number of ether oxygens (including phenoxy) is 2. The Kier molecular flexibility index (Phi) is 8.30. The third kappa shape index (κ3) is 6.58. The van der Waals surface area contributed by atoms with E-state index < -0.39 is 5.97 Å². The maximum atomic E-state index is 10.8. The molecule has 0 spiro atoms. The van der Waals surface area contributed by atoms with Gasteiger partial charge in [0.15, 0.2) is 6.61 Å². The summed E-state index contributed by atoms with van der Waals surface area (Å²) in [5.41, 5.74) is 3.99. The van der Waals surface area contributed by atoms with Crippen molar-refractivity contribution < 1.29 is 19.4 Å². The van der Waals surface area contributed by atoms with E-state index in [1.165, 1.54) is 3.57 Å². The Labute approximate surface area is 194 Å². The summed E-state index contributed by atoms with van der Waals surface area (Å²) in [7, 11) is 0. The predicted molar refractivity (Wildman–Crippen MR) is 127 cm³/mol. The quantitative estimate of drug-likeness (QED) is 0.268. The normalized spacial score (nSPS) is 11.3. The molecule has 3 aromatic rings. The van der Waals surface area contributed by atoms with E-state index in [2.05, 4.69) is 46.9 Å². The fourth-order valence-corrected chi connectivity index (χ4v) is 3.36. The standard InChI is InChI=1S/C24H20ClIO4/c25-20-9-5-17(6-10-20)22(18-7-11-21(26)12-8-18)13-14-29-15-19-3-1-2-4-23(19)30-16-24(27)28/h1-13H,14-16H2,(H,27,28). The largest absolute Gasteiger partial charge is 0.482 e. The van der Waals surface area contributed by atoms with Crippen LogP contribution in [0.1, 0.15) is 16.7 Å². The molecule has 0 saturated carbocycles. The van der Waals surface area contributed by atoms with Crippen LogP contribution in [0.15, 0.2) is 78.9 Å². The van der Waals surface area contributed by atoms with Crippen LogP contribution in [-0.4, -0.2) is 24.3 Å². The maximum absolute atomic E-state index is 10.8. The summed E-state index contributed by atoms with van der Waals surface area (Å²) < 4.78 is 12.4. The Balaban J connectivity index is 1.73. The number of carboxylic acids is 1. The van der Waals surface area contributed by atoms with Gasteiger partial charge in [0.05, 0.1) is 13.2 Å². The van der Waals surface area contributed by atoms with E-state index in [0.717, 1.165) is 22.3 Å². The molecule has 6 heteroatoms. The minimum absolute atomic E-state index is 0.312. The maximum Gasteiger partial charge on any atom is 0.341 e. The molecule has 0 aromatic heterocycles. The molecule has 0 unspecified atom stereocenters. The highest BCUT2D eigenvalue weighted by Crippen LogP contribution is 2.26. The van der Waals surface area contributed by atoms with E-state index in [-0.39, 0.29) is 6.61 Å². The highest BCUT2D eigenvalue weighted by atomic mass is 127. The van der Waals surface area contributed by atoms with Gasteiger partial charge in [-0.15, -0.1) is 0 Å². The van der Waals surface area contributed by atoms with Gasteiger partial charge in [0.25, 0.3) is 0 Å². The molecule has 4 nitrogen and oxygen atoms in total. The van der Waals surface area contributed by atoms with Gasteiger partial charge in [-0.2, -0.15) is 0 Å². The second kappa shape index (κ2) is 11.2. The molecule has 0 aliphatic rings. The second-order valence-corrected chi connectivity index (χ2v) is 8.12. The summed E-state index contributed by atoms with van der Waals surface area (Å²) in [4.78, 5) is 10.8. The van der Waals surface area contributed by atoms with E-state index in [1.54, 1.807) is 12.1 Å². The lowest BCUT2D eigenvalue weighted by atomic mass is 9.98. The number of hydrogen-bond donors (Lipinski definition) is 1. The van der Waals surface area contributed by atoms with E-state index in [1.807, 2.05) is 42.5 Å². The average molecular weight is 535 g/mol. The van der Waals surface area contributed by atoms with E-state index in [9.17, 15) is 4.79 Å². The molecule has 0 atom stereocenters. The van der Waals surface area contributed by atoms with Gasteiger partial charge in [-0.05, 0) is 69.6 Å². The molecule has 3 aromatic carbocycles. The van der Waals surface area contributed by atoms with E-state index in [0.29, 0.717) is 24.0 Å². The van der Waals surface area contributed by atoms with Crippen molar-refractivity contribution in [3.63, 3.8) is 0 Å². The van der Waals surface area contributed by atoms with Gasteiger partial charge >= 0.3 is 5.97 Å². The van der Waals surface area contributed by atoms with Crippen LogP contribution in [0, 0.1) is 3.57 Å². The summed E-state index contributed by atoms with van der Waals surface area (Å²) >= 11 is 8.33. The van der Waals surface area contributed by atoms with Gasteiger partial charge < -0.3 is 14.6 Å². The smallest absolute Gasteiger partial charge is 0.341 e. The van der Waals surface area contributed by atoms with Crippen molar-refractivity contribution >= 4 is 45.7 Å². The Morgan fingerprint density at radius 2 is 1.60 bits per heavy atom. The first-order valence-corrected chi connectivity index (χ1v) is 10.7. The molecule has 0 amide bonds. The van der Waals surface area contributed by atoms with Crippen LogP contribution < -0.4 is 4.74 Å². The summed E-state index contributed by atoms with van der Waals surface area (Å²) in [6, 6.07) is 23.3. The first kappa shape index (κ1) is 22.3. The lowest BCUT2D eigenvalue weighted by Crippen LogP contribution is -2.10. The van der Waals surface area contributed by atoms with Crippen molar-refractivity contribution in [2.75, 3.05) is 13.2 Å². The van der Waals surface area contributed by atoms with Crippen molar-refractivity contribution in [1.29, 1.82) is 0 Å². The lowest BCUT2D eigenvalue weighted by molar-refractivity contribution is -0.139. The van der Waals surface area contributed by atoms with Crippen LogP contribution >= 0.6 is 34.2 Å². The summed E-state index contributed by atoms with van der Waals surface area (Å²) in [5, 5.41) is 9.51. The van der Waals surface area contributed by atoms with Gasteiger partial charge in [0.1, 0.15) is 5.75 Å². The Hall–Kier alpha value is -2.35. The molecule has 30 heavy (non-hydrogen) atoms. The predicted octanol–water partition coefficient (Wildman–Crippen LogP) is 6.06. The number of carbonyl (C=O) groups is 1. The average Bonchev–Trinajstić information content (AvgIpc) is 2.75. The number of carboxylic acid groups (broad SMARTS) is 1. The van der Waals surface area contributed by atoms with Gasteiger partial charge in [0, 0.05) is 14.2 Å². The van der Waals surface area contributed by atoms with Crippen LogP contribution in [0.5, 0.6) is 5.75 Å². The number of hydrogen-bond acceptors (Lipinski definition) is 3. The van der Waals surface area contributed by atoms with Crippen molar-refractivity contribution in [2.45, 2.75) is 6.61 Å². The van der Waals surface area contributed by atoms with Gasteiger partial charge in [-0.1, -0.05) is 60.1 Å². The fourth-order valence-electron chi connectivity index (χ4n) is 2.88. The molecule has 0 radical (unpaired) electrons. The topological polar surface area (TPSA) is 55.8 Å². The van der Waals surface area contributed by atoms with Gasteiger partial charge in [-0.25, -0.2) is 4.79 Å². The van der Waals surface area contributed by atoms with Gasteiger partial charge in [0.2, 0.25) is 0 Å². The number of rotatable bonds is 9.